The molecular formula is C14H16BrNO4. The van der Waals surface area contributed by atoms with Crippen molar-refractivity contribution in [1.29, 1.82) is 0 Å². The highest BCUT2D eigenvalue weighted by Crippen LogP contribution is 2.28. The van der Waals surface area contributed by atoms with Gasteiger partial charge in [0.05, 0.1) is 10.0 Å². The molecule has 0 unspecified atom stereocenters. The Morgan fingerprint density at radius 1 is 1.45 bits per heavy atom. The Labute approximate surface area is 125 Å². The van der Waals surface area contributed by atoms with Crippen LogP contribution in [0.25, 0.3) is 0 Å². The van der Waals surface area contributed by atoms with E-state index in [-0.39, 0.29) is 18.1 Å². The van der Waals surface area contributed by atoms with Gasteiger partial charge in [0, 0.05) is 12.6 Å². The summed E-state index contributed by atoms with van der Waals surface area (Å²) >= 11 is 3.25. The van der Waals surface area contributed by atoms with E-state index in [9.17, 15) is 9.59 Å². The molecule has 0 heterocycles. The molecule has 1 aliphatic carbocycles. The number of benzene rings is 1. The predicted octanol–water partition coefficient (Wildman–Crippen LogP) is 2.54. The van der Waals surface area contributed by atoms with Crippen molar-refractivity contribution in [3.8, 4) is 5.75 Å². The highest BCUT2D eigenvalue weighted by molar-refractivity contribution is 9.10. The lowest BCUT2D eigenvalue weighted by molar-refractivity contribution is -0.133. The molecule has 0 aliphatic heterocycles. The molecule has 1 aliphatic rings. The van der Waals surface area contributed by atoms with Gasteiger partial charge in [0.1, 0.15) is 5.75 Å². The molecule has 0 bridgehead atoms. The molecule has 2 rings (SSSR count). The fourth-order valence-corrected chi connectivity index (χ4v) is 2.49. The number of hydrogen-bond acceptors (Lipinski definition) is 3. The molecule has 20 heavy (non-hydrogen) atoms. The topological polar surface area (TPSA) is 66.8 Å². The van der Waals surface area contributed by atoms with E-state index < -0.39 is 5.97 Å². The summed E-state index contributed by atoms with van der Waals surface area (Å²) in [5, 5.41) is 8.87. The number of carbonyl (C=O) groups is 2. The number of carboxylic acid groups (broad SMARTS) is 1. The molecular weight excluding hydrogens is 326 g/mol. The van der Waals surface area contributed by atoms with Crippen LogP contribution in [-0.2, 0) is 4.79 Å². The van der Waals surface area contributed by atoms with Gasteiger partial charge in [-0.1, -0.05) is 0 Å². The number of carboxylic acids is 1. The Morgan fingerprint density at radius 3 is 2.65 bits per heavy atom. The zero-order valence-corrected chi connectivity index (χ0v) is 12.7. The first kappa shape index (κ1) is 14.8. The molecule has 6 heteroatoms. The second kappa shape index (κ2) is 6.26. The van der Waals surface area contributed by atoms with Gasteiger partial charge in [-0.25, -0.2) is 4.79 Å². The van der Waals surface area contributed by atoms with Crippen molar-refractivity contribution in [2.75, 3.05) is 13.2 Å². The molecule has 1 saturated carbocycles. The average molecular weight is 342 g/mol. The second-order valence-corrected chi connectivity index (χ2v) is 5.50. The van der Waals surface area contributed by atoms with Crippen LogP contribution in [0.3, 0.4) is 0 Å². The number of ether oxygens (including phenoxy) is 1. The lowest BCUT2D eigenvalue weighted by Gasteiger charge is -2.20. The molecule has 5 nitrogen and oxygen atoms in total. The fraction of sp³-hybridized carbons (Fsp3) is 0.429. The maximum Gasteiger partial charge on any atom is 0.335 e. The van der Waals surface area contributed by atoms with E-state index in [0.717, 1.165) is 12.8 Å². The van der Waals surface area contributed by atoms with E-state index in [1.807, 2.05) is 11.8 Å². The summed E-state index contributed by atoms with van der Waals surface area (Å²) in [4.78, 5) is 24.6. The first-order valence-electron chi connectivity index (χ1n) is 6.48. The Hall–Kier alpha value is -1.56. The first-order chi connectivity index (χ1) is 9.52. The molecule has 1 fully saturated rings. The number of carbonyl (C=O) groups excluding carboxylic acids is 1. The van der Waals surface area contributed by atoms with Crippen molar-refractivity contribution in [3.05, 3.63) is 28.2 Å². The van der Waals surface area contributed by atoms with Crippen LogP contribution in [0.4, 0.5) is 0 Å². The maximum atomic E-state index is 12.0. The SMILES string of the molecule is CCN(C(=O)COc1ccc(C(=O)O)cc1Br)C1CC1. The van der Waals surface area contributed by atoms with Crippen LogP contribution in [-0.4, -0.2) is 41.1 Å². The molecule has 0 radical (unpaired) electrons. The molecule has 0 spiro atoms. The van der Waals surface area contributed by atoms with Crippen LogP contribution in [0.15, 0.2) is 22.7 Å². The Balaban J connectivity index is 1.96. The van der Waals surface area contributed by atoms with Gasteiger partial charge in [-0.05, 0) is 53.9 Å². The van der Waals surface area contributed by atoms with Crippen LogP contribution in [0.1, 0.15) is 30.1 Å². The average Bonchev–Trinajstić information content (AvgIpc) is 3.22. The Morgan fingerprint density at radius 2 is 2.15 bits per heavy atom. The summed E-state index contributed by atoms with van der Waals surface area (Å²) < 4.78 is 5.99. The largest absolute Gasteiger partial charge is 0.483 e. The number of hydrogen-bond donors (Lipinski definition) is 1. The van der Waals surface area contributed by atoms with Gasteiger partial charge < -0.3 is 14.7 Å². The molecule has 1 N–H and O–H groups in total. The van der Waals surface area contributed by atoms with Crippen LogP contribution < -0.4 is 4.74 Å². The highest BCUT2D eigenvalue weighted by Gasteiger charge is 2.31. The van der Waals surface area contributed by atoms with Gasteiger partial charge in [0.2, 0.25) is 0 Å². The van der Waals surface area contributed by atoms with Crippen LogP contribution in [0, 0.1) is 0 Å². The number of amides is 1. The number of aromatic carboxylic acids is 1. The van der Waals surface area contributed by atoms with Crippen molar-refractivity contribution in [1.82, 2.24) is 4.90 Å². The minimum atomic E-state index is -1.00. The number of nitrogens with zero attached hydrogens (tertiary/aromatic N) is 1. The van der Waals surface area contributed by atoms with Crippen LogP contribution in [0.2, 0.25) is 0 Å². The van der Waals surface area contributed by atoms with Crippen molar-refractivity contribution >= 4 is 27.8 Å². The van der Waals surface area contributed by atoms with Gasteiger partial charge in [0.25, 0.3) is 5.91 Å². The van der Waals surface area contributed by atoms with Gasteiger partial charge in [-0.3, -0.25) is 4.79 Å². The normalized spacial score (nSPS) is 13.9. The van der Waals surface area contributed by atoms with Gasteiger partial charge >= 0.3 is 5.97 Å². The van der Waals surface area contributed by atoms with Gasteiger partial charge in [-0.15, -0.1) is 0 Å². The standard InChI is InChI=1S/C14H16BrNO4/c1-2-16(10-4-5-10)13(17)8-20-12-6-3-9(14(18)19)7-11(12)15/h3,6-7,10H,2,4-5,8H2,1H3,(H,18,19). The third-order valence-corrected chi connectivity index (χ3v) is 3.80. The van der Waals surface area contributed by atoms with E-state index in [1.54, 1.807) is 6.07 Å². The van der Waals surface area contributed by atoms with Gasteiger partial charge in [0.15, 0.2) is 6.61 Å². The first-order valence-corrected chi connectivity index (χ1v) is 7.27. The summed E-state index contributed by atoms with van der Waals surface area (Å²) in [5.74, 6) is -0.571. The molecule has 1 aromatic carbocycles. The molecule has 0 atom stereocenters. The predicted molar refractivity (Wildman–Crippen MR) is 77.0 cm³/mol. The van der Waals surface area contributed by atoms with Gasteiger partial charge in [-0.2, -0.15) is 0 Å². The minimum absolute atomic E-state index is 0.0324. The second-order valence-electron chi connectivity index (χ2n) is 4.65. The lowest BCUT2D eigenvalue weighted by atomic mass is 10.2. The summed E-state index contributed by atoms with van der Waals surface area (Å²) in [5.41, 5.74) is 0.170. The molecule has 1 aromatic rings. The molecule has 0 saturated heterocycles. The number of rotatable bonds is 6. The summed E-state index contributed by atoms with van der Waals surface area (Å²) in [7, 11) is 0. The van der Waals surface area contributed by atoms with E-state index in [2.05, 4.69) is 15.9 Å². The third-order valence-electron chi connectivity index (χ3n) is 3.18. The maximum absolute atomic E-state index is 12.0. The Bertz CT molecular complexity index is 528. The highest BCUT2D eigenvalue weighted by atomic mass is 79.9. The van der Waals surface area contributed by atoms with Crippen molar-refractivity contribution in [3.63, 3.8) is 0 Å². The van der Waals surface area contributed by atoms with E-state index in [1.165, 1.54) is 12.1 Å². The monoisotopic (exact) mass is 341 g/mol. The lowest BCUT2D eigenvalue weighted by Crippen LogP contribution is -2.36. The van der Waals surface area contributed by atoms with Crippen molar-refractivity contribution in [2.45, 2.75) is 25.8 Å². The van der Waals surface area contributed by atoms with E-state index in [0.29, 0.717) is 22.8 Å². The zero-order valence-electron chi connectivity index (χ0n) is 11.1. The van der Waals surface area contributed by atoms with E-state index >= 15 is 0 Å². The summed E-state index contributed by atoms with van der Waals surface area (Å²) in [6, 6.07) is 4.83. The van der Waals surface area contributed by atoms with Crippen molar-refractivity contribution in [2.24, 2.45) is 0 Å². The summed E-state index contributed by atoms with van der Waals surface area (Å²) in [6.45, 7) is 2.61. The van der Waals surface area contributed by atoms with E-state index in [4.69, 9.17) is 9.84 Å². The number of likely N-dealkylation sites (N-methyl/N-ethyl adjacent to an activating group) is 1. The molecule has 0 aromatic heterocycles. The summed E-state index contributed by atoms with van der Waals surface area (Å²) in [6.07, 6.45) is 2.13. The minimum Gasteiger partial charge on any atom is -0.483 e. The van der Waals surface area contributed by atoms with Crippen LogP contribution >= 0.6 is 15.9 Å². The zero-order chi connectivity index (χ0) is 14.7. The fourth-order valence-electron chi connectivity index (χ4n) is 2.00. The molecule has 108 valence electrons. The van der Waals surface area contributed by atoms with Crippen molar-refractivity contribution < 1.29 is 19.4 Å². The smallest absolute Gasteiger partial charge is 0.335 e. The van der Waals surface area contributed by atoms with Crippen LogP contribution in [0.5, 0.6) is 5.75 Å². The number of halogens is 1. The Kier molecular flexibility index (Phi) is 4.65. The molecule has 1 amide bonds. The quantitative estimate of drug-likeness (QED) is 0.863. The third kappa shape index (κ3) is 3.50.